The molecule has 0 spiro atoms. The van der Waals surface area contributed by atoms with Crippen LogP contribution in [0.5, 0.6) is 11.5 Å². The third kappa shape index (κ3) is 3.82. The highest BCUT2D eigenvalue weighted by Crippen LogP contribution is 2.33. The van der Waals surface area contributed by atoms with Crippen LogP contribution in [0.1, 0.15) is 0 Å². The van der Waals surface area contributed by atoms with Crippen LogP contribution >= 0.6 is 0 Å². The molecule has 0 fully saturated rings. The first-order valence-corrected chi connectivity index (χ1v) is 5.08. The van der Waals surface area contributed by atoms with Gasteiger partial charge in [-0.15, -0.1) is 0 Å². The van der Waals surface area contributed by atoms with Gasteiger partial charge in [0.05, 0.1) is 11.4 Å². The van der Waals surface area contributed by atoms with Crippen LogP contribution in [-0.4, -0.2) is 23.4 Å². The molecule has 1 aromatic rings. The van der Waals surface area contributed by atoms with Crippen LogP contribution in [0, 0.1) is 0 Å². The van der Waals surface area contributed by atoms with E-state index in [0.29, 0.717) is 22.9 Å². The summed E-state index contributed by atoms with van der Waals surface area (Å²) in [6.45, 7) is 6.41. The normalized spacial score (nSPS) is 9.78. The Hall–Kier alpha value is -2.50. The number of aliphatic hydroxyl groups is 2. The van der Waals surface area contributed by atoms with Gasteiger partial charge in [0.2, 0.25) is 0 Å². The maximum absolute atomic E-state index is 8.94. The molecular weight excluding hydrogens is 236 g/mol. The number of nitrogen functional groups attached to an aromatic ring is 2. The van der Waals surface area contributed by atoms with E-state index in [9.17, 15) is 0 Å². The maximum Gasteiger partial charge on any atom is 0.146 e. The van der Waals surface area contributed by atoms with E-state index in [1.807, 2.05) is 0 Å². The SMILES string of the molecule is C=C(O)COc1cc(OCC(=C)O)c(N)cc1N. The molecule has 18 heavy (non-hydrogen) atoms. The summed E-state index contributed by atoms with van der Waals surface area (Å²) in [5.41, 5.74) is 12.0. The molecule has 0 aromatic heterocycles. The molecule has 6 N–H and O–H groups in total. The van der Waals surface area contributed by atoms with Crippen molar-refractivity contribution in [2.75, 3.05) is 24.7 Å². The molecule has 0 saturated carbocycles. The molecule has 1 rings (SSSR count). The van der Waals surface area contributed by atoms with E-state index in [1.54, 1.807) is 0 Å². The summed E-state index contributed by atoms with van der Waals surface area (Å²) in [6.07, 6.45) is 0. The van der Waals surface area contributed by atoms with E-state index in [0.717, 1.165) is 0 Å². The van der Waals surface area contributed by atoms with Gasteiger partial charge in [0.1, 0.15) is 36.2 Å². The number of ether oxygens (including phenoxy) is 2. The molecule has 98 valence electrons. The Morgan fingerprint density at radius 2 is 1.33 bits per heavy atom. The Morgan fingerprint density at radius 3 is 1.67 bits per heavy atom. The first-order valence-electron chi connectivity index (χ1n) is 5.08. The van der Waals surface area contributed by atoms with E-state index >= 15 is 0 Å². The summed E-state index contributed by atoms with van der Waals surface area (Å²) in [7, 11) is 0. The summed E-state index contributed by atoms with van der Waals surface area (Å²) in [4.78, 5) is 0. The van der Waals surface area contributed by atoms with Crippen molar-refractivity contribution in [3.05, 3.63) is 36.8 Å². The highest BCUT2D eigenvalue weighted by atomic mass is 16.5. The molecule has 6 heteroatoms. The van der Waals surface area contributed by atoms with Crippen LogP contribution in [0.3, 0.4) is 0 Å². The smallest absolute Gasteiger partial charge is 0.146 e. The average Bonchev–Trinajstić information content (AvgIpc) is 2.26. The molecule has 0 heterocycles. The lowest BCUT2D eigenvalue weighted by Crippen LogP contribution is -2.06. The van der Waals surface area contributed by atoms with Crippen LogP contribution in [0.4, 0.5) is 11.4 Å². The monoisotopic (exact) mass is 252 g/mol. The molecule has 0 aliphatic rings. The number of rotatable bonds is 6. The zero-order chi connectivity index (χ0) is 13.7. The fourth-order valence-corrected chi connectivity index (χ4v) is 1.17. The van der Waals surface area contributed by atoms with E-state index in [-0.39, 0.29) is 24.7 Å². The van der Waals surface area contributed by atoms with E-state index < -0.39 is 0 Å². The maximum atomic E-state index is 8.94. The predicted octanol–water partition coefficient (Wildman–Crippen LogP) is 1.75. The molecule has 0 amide bonds. The highest BCUT2D eigenvalue weighted by Gasteiger charge is 2.09. The first kappa shape index (κ1) is 13.6. The fraction of sp³-hybridized carbons (Fsp3) is 0.167. The molecule has 0 radical (unpaired) electrons. The molecule has 0 aliphatic carbocycles. The highest BCUT2D eigenvalue weighted by molar-refractivity contribution is 5.67. The van der Waals surface area contributed by atoms with Gasteiger partial charge in [0.15, 0.2) is 0 Å². The largest absolute Gasteiger partial charge is 0.509 e. The van der Waals surface area contributed by atoms with Crippen molar-refractivity contribution in [3.63, 3.8) is 0 Å². The van der Waals surface area contributed by atoms with E-state index in [1.165, 1.54) is 12.1 Å². The van der Waals surface area contributed by atoms with E-state index in [4.69, 9.17) is 31.2 Å². The van der Waals surface area contributed by atoms with E-state index in [2.05, 4.69) is 13.2 Å². The van der Waals surface area contributed by atoms with Crippen molar-refractivity contribution in [2.24, 2.45) is 0 Å². The molecule has 0 bridgehead atoms. The first-order chi connectivity index (χ1) is 8.40. The summed E-state index contributed by atoms with van der Waals surface area (Å²) in [6, 6.07) is 2.93. The minimum atomic E-state index is -0.127. The quantitative estimate of drug-likeness (QED) is 0.453. The van der Waals surface area contributed by atoms with Gasteiger partial charge in [0, 0.05) is 6.07 Å². The number of aliphatic hydroxyl groups excluding tert-OH is 2. The zero-order valence-corrected chi connectivity index (χ0v) is 9.85. The zero-order valence-electron chi connectivity index (χ0n) is 9.85. The average molecular weight is 252 g/mol. The number of hydrogen-bond donors (Lipinski definition) is 4. The molecule has 0 atom stereocenters. The van der Waals surface area contributed by atoms with Gasteiger partial charge < -0.3 is 31.2 Å². The van der Waals surface area contributed by atoms with Crippen molar-refractivity contribution >= 4 is 11.4 Å². The van der Waals surface area contributed by atoms with Gasteiger partial charge in [-0.2, -0.15) is 0 Å². The number of hydrogen-bond acceptors (Lipinski definition) is 6. The Morgan fingerprint density at radius 1 is 0.944 bits per heavy atom. The van der Waals surface area contributed by atoms with Crippen LogP contribution in [0.25, 0.3) is 0 Å². The van der Waals surface area contributed by atoms with Gasteiger partial charge >= 0.3 is 0 Å². The van der Waals surface area contributed by atoms with Crippen LogP contribution in [0.2, 0.25) is 0 Å². The van der Waals surface area contributed by atoms with Gasteiger partial charge in [-0.1, -0.05) is 13.2 Å². The second kappa shape index (κ2) is 5.72. The topological polar surface area (TPSA) is 111 Å². The number of benzene rings is 1. The predicted molar refractivity (Wildman–Crippen MR) is 69.8 cm³/mol. The lowest BCUT2D eigenvalue weighted by atomic mass is 10.2. The Labute approximate surface area is 105 Å². The summed E-state index contributed by atoms with van der Waals surface area (Å²) >= 11 is 0. The third-order valence-corrected chi connectivity index (χ3v) is 1.93. The van der Waals surface area contributed by atoms with Gasteiger partial charge in [0.25, 0.3) is 0 Å². The number of anilines is 2. The van der Waals surface area contributed by atoms with Crippen molar-refractivity contribution in [1.29, 1.82) is 0 Å². The molecular formula is C12H16N2O4. The number of nitrogens with two attached hydrogens (primary N) is 2. The Kier molecular flexibility index (Phi) is 4.31. The standard InChI is InChI=1S/C12H16N2O4/c1-7(15)5-17-11-4-12(18-6-8(2)16)10(14)3-9(11)13/h3-4,15-16H,1-2,5-6,13-14H2. The Bertz CT molecular complexity index is 432. The van der Waals surface area contributed by atoms with Crippen molar-refractivity contribution in [1.82, 2.24) is 0 Å². The molecule has 0 unspecified atom stereocenters. The molecule has 0 aliphatic heterocycles. The van der Waals surface area contributed by atoms with Crippen molar-refractivity contribution < 1.29 is 19.7 Å². The van der Waals surface area contributed by atoms with Gasteiger partial charge in [-0.25, -0.2) is 0 Å². The summed E-state index contributed by atoms with van der Waals surface area (Å²) in [5, 5.41) is 17.9. The second-order valence-electron chi connectivity index (χ2n) is 3.64. The molecule has 0 saturated heterocycles. The minimum Gasteiger partial charge on any atom is -0.509 e. The lowest BCUT2D eigenvalue weighted by Gasteiger charge is -2.13. The van der Waals surface area contributed by atoms with Crippen molar-refractivity contribution in [3.8, 4) is 11.5 Å². The van der Waals surface area contributed by atoms with Crippen LogP contribution in [0.15, 0.2) is 36.8 Å². The Balaban J connectivity index is 2.87. The summed E-state index contributed by atoms with van der Waals surface area (Å²) < 4.78 is 10.4. The molecule has 1 aromatic carbocycles. The van der Waals surface area contributed by atoms with Crippen molar-refractivity contribution in [2.45, 2.75) is 0 Å². The molecule has 6 nitrogen and oxygen atoms in total. The van der Waals surface area contributed by atoms with Gasteiger partial charge in [-0.3, -0.25) is 0 Å². The second-order valence-corrected chi connectivity index (χ2v) is 3.64. The lowest BCUT2D eigenvalue weighted by molar-refractivity contribution is 0.263. The van der Waals surface area contributed by atoms with Crippen LogP contribution in [-0.2, 0) is 0 Å². The minimum absolute atomic E-state index is 0.0831. The summed E-state index contributed by atoms with van der Waals surface area (Å²) in [5.74, 6) is 0.353. The third-order valence-electron chi connectivity index (χ3n) is 1.93. The van der Waals surface area contributed by atoms with Gasteiger partial charge in [-0.05, 0) is 6.07 Å². The van der Waals surface area contributed by atoms with Crippen LogP contribution < -0.4 is 20.9 Å². The fourth-order valence-electron chi connectivity index (χ4n) is 1.17.